The molecule has 0 atom stereocenters. The Morgan fingerprint density at radius 1 is 0.941 bits per heavy atom. The van der Waals surface area contributed by atoms with Gasteiger partial charge in [0.1, 0.15) is 17.1 Å². The highest BCUT2D eigenvalue weighted by molar-refractivity contribution is 7.80. The van der Waals surface area contributed by atoms with Crippen LogP contribution in [-0.2, 0) is 15.8 Å². The predicted molar refractivity (Wildman–Crippen MR) is 126 cm³/mol. The zero-order valence-electron chi connectivity index (χ0n) is 17.1. The lowest BCUT2D eigenvalue weighted by atomic mass is 10.0. The summed E-state index contributed by atoms with van der Waals surface area (Å²) in [7, 11) is 0. The van der Waals surface area contributed by atoms with E-state index < -0.39 is 28.6 Å². The van der Waals surface area contributed by atoms with Crippen molar-refractivity contribution in [1.82, 2.24) is 5.32 Å². The van der Waals surface area contributed by atoms with Crippen molar-refractivity contribution in [2.75, 3.05) is 4.90 Å². The van der Waals surface area contributed by atoms with E-state index in [0.29, 0.717) is 17.2 Å². The molecule has 34 heavy (non-hydrogen) atoms. The van der Waals surface area contributed by atoms with Gasteiger partial charge in [-0.1, -0.05) is 35.9 Å². The van der Waals surface area contributed by atoms with Crippen LogP contribution in [0.5, 0.6) is 11.5 Å². The van der Waals surface area contributed by atoms with Crippen LogP contribution in [0.3, 0.4) is 0 Å². The molecule has 2 amide bonds. The van der Waals surface area contributed by atoms with E-state index in [2.05, 4.69) is 5.32 Å². The molecule has 0 spiro atoms. The van der Waals surface area contributed by atoms with Crippen LogP contribution in [0.25, 0.3) is 6.08 Å². The third-order valence-electron chi connectivity index (χ3n) is 4.78. The second-order valence-corrected chi connectivity index (χ2v) is 7.90. The Morgan fingerprint density at radius 2 is 1.59 bits per heavy atom. The van der Waals surface area contributed by atoms with Crippen molar-refractivity contribution in [2.24, 2.45) is 0 Å². The van der Waals surface area contributed by atoms with E-state index in [0.717, 1.165) is 23.1 Å². The van der Waals surface area contributed by atoms with Crippen molar-refractivity contribution in [2.45, 2.75) is 6.18 Å². The molecular weight excluding hydrogens is 489 g/mol. The highest BCUT2D eigenvalue weighted by atomic mass is 35.5. The number of carbonyl (C=O) groups is 2. The molecular formula is C24H14ClF3N2O3S. The summed E-state index contributed by atoms with van der Waals surface area (Å²) in [4.78, 5) is 26.6. The topological polar surface area (TPSA) is 58.6 Å². The number of thiocarbonyl (C=S) groups is 1. The summed E-state index contributed by atoms with van der Waals surface area (Å²) >= 11 is 10.8. The molecule has 0 aromatic heterocycles. The van der Waals surface area contributed by atoms with Crippen molar-refractivity contribution in [3.63, 3.8) is 0 Å². The smallest absolute Gasteiger partial charge is 0.417 e. The number of carbonyl (C=O) groups excluding carboxylic acids is 2. The highest BCUT2D eigenvalue weighted by Gasteiger charge is 2.36. The normalized spacial score (nSPS) is 15.5. The van der Waals surface area contributed by atoms with Crippen LogP contribution in [0.2, 0.25) is 5.02 Å². The molecule has 1 fully saturated rings. The van der Waals surface area contributed by atoms with Gasteiger partial charge in [-0.15, -0.1) is 0 Å². The molecule has 1 N–H and O–H groups in total. The number of benzene rings is 3. The van der Waals surface area contributed by atoms with E-state index in [1.807, 2.05) is 18.2 Å². The van der Waals surface area contributed by atoms with Crippen molar-refractivity contribution in [3.05, 3.63) is 94.5 Å². The third-order valence-corrected chi connectivity index (χ3v) is 5.40. The van der Waals surface area contributed by atoms with E-state index in [1.54, 1.807) is 36.4 Å². The van der Waals surface area contributed by atoms with Crippen LogP contribution in [0.15, 0.2) is 78.4 Å². The van der Waals surface area contributed by atoms with Crippen molar-refractivity contribution >= 4 is 52.5 Å². The standard InChI is InChI=1S/C24H14ClF3N2O3S/c25-20-11-6-14(13-19(20)24(26,27)28)12-18-21(31)29-23(34)30(22(18)32)15-7-9-17(10-8-15)33-16-4-2-1-3-5-16/h1-13H,(H,29,31,34)/b18-12+. The summed E-state index contributed by atoms with van der Waals surface area (Å²) in [6.07, 6.45) is -3.63. The molecule has 172 valence electrons. The first-order valence-electron chi connectivity index (χ1n) is 9.74. The van der Waals surface area contributed by atoms with Gasteiger partial charge < -0.3 is 4.74 Å². The maximum atomic E-state index is 13.2. The first kappa shape index (κ1) is 23.5. The van der Waals surface area contributed by atoms with Crippen LogP contribution < -0.4 is 15.0 Å². The monoisotopic (exact) mass is 502 g/mol. The maximum Gasteiger partial charge on any atom is 0.417 e. The number of nitrogens with zero attached hydrogens (tertiary/aromatic N) is 1. The van der Waals surface area contributed by atoms with E-state index in [-0.39, 0.29) is 16.2 Å². The van der Waals surface area contributed by atoms with Gasteiger partial charge in [0.15, 0.2) is 5.11 Å². The van der Waals surface area contributed by atoms with Gasteiger partial charge in [-0.2, -0.15) is 13.2 Å². The van der Waals surface area contributed by atoms with Crippen LogP contribution >= 0.6 is 23.8 Å². The Kier molecular flexibility index (Phi) is 6.41. The molecule has 0 saturated carbocycles. The minimum absolute atomic E-state index is 0.0189. The van der Waals surface area contributed by atoms with Crippen LogP contribution in [0, 0.1) is 0 Å². The van der Waals surface area contributed by atoms with Gasteiger partial charge in [0.25, 0.3) is 11.8 Å². The number of hydrogen-bond acceptors (Lipinski definition) is 4. The van der Waals surface area contributed by atoms with Crippen LogP contribution in [-0.4, -0.2) is 16.9 Å². The summed E-state index contributed by atoms with van der Waals surface area (Å²) in [5, 5.41) is 1.74. The van der Waals surface area contributed by atoms with E-state index in [4.69, 9.17) is 28.6 Å². The number of hydrogen-bond donors (Lipinski definition) is 1. The molecule has 0 aliphatic carbocycles. The quantitative estimate of drug-likeness (QED) is 0.271. The van der Waals surface area contributed by atoms with Crippen molar-refractivity contribution in [1.29, 1.82) is 0 Å². The van der Waals surface area contributed by atoms with Crippen molar-refractivity contribution in [3.8, 4) is 11.5 Å². The van der Waals surface area contributed by atoms with Gasteiger partial charge in [0.05, 0.1) is 16.3 Å². The molecule has 10 heteroatoms. The Morgan fingerprint density at radius 3 is 2.24 bits per heavy atom. The first-order valence-corrected chi connectivity index (χ1v) is 10.5. The third kappa shape index (κ3) is 4.95. The van der Waals surface area contributed by atoms with Gasteiger partial charge in [-0.05, 0) is 72.4 Å². The largest absolute Gasteiger partial charge is 0.457 e. The summed E-state index contributed by atoms with van der Waals surface area (Å²) in [6, 6.07) is 18.5. The fourth-order valence-corrected chi connectivity index (χ4v) is 3.70. The molecule has 3 aromatic rings. The molecule has 3 aromatic carbocycles. The zero-order chi connectivity index (χ0) is 24.5. The SMILES string of the molecule is O=C1NC(=S)N(c2ccc(Oc3ccccc3)cc2)C(=O)/C1=C/c1ccc(Cl)c(C(F)(F)F)c1. The number of halogens is 4. The Bertz CT molecular complexity index is 1310. The Labute approximate surface area is 202 Å². The van der Waals surface area contributed by atoms with Gasteiger partial charge in [-0.25, -0.2) is 0 Å². The van der Waals surface area contributed by atoms with Crippen molar-refractivity contribution < 1.29 is 27.5 Å². The molecule has 0 bridgehead atoms. The summed E-state index contributed by atoms with van der Waals surface area (Å²) in [5.74, 6) is -0.475. The van der Waals surface area contributed by atoms with Gasteiger partial charge in [-0.3, -0.25) is 19.8 Å². The lowest BCUT2D eigenvalue weighted by Crippen LogP contribution is -2.54. The zero-order valence-corrected chi connectivity index (χ0v) is 18.7. The average Bonchev–Trinajstić information content (AvgIpc) is 2.78. The fraction of sp³-hybridized carbons (Fsp3) is 0.0417. The maximum absolute atomic E-state index is 13.2. The van der Waals surface area contributed by atoms with Crippen LogP contribution in [0.4, 0.5) is 18.9 Å². The molecule has 1 aliphatic heterocycles. The number of alkyl halides is 3. The second kappa shape index (κ2) is 9.28. The number of rotatable bonds is 4. The number of ether oxygens (including phenoxy) is 1. The molecule has 4 rings (SSSR count). The molecule has 0 radical (unpaired) electrons. The molecule has 1 aliphatic rings. The summed E-state index contributed by atoms with van der Waals surface area (Å²) in [5.41, 5.74) is -1.13. The Hall–Kier alpha value is -3.69. The number of anilines is 1. The minimum atomic E-state index is -4.69. The number of para-hydroxylation sites is 1. The lowest BCUT2D eigenvalue weighted by molar-refractivity contribution is -0.137. The highest BCUT2D eigenvalue weighted by Crippen LogP contribution is 2.36. The van der Waals surface area contributed by atoms with E-state index >= 15 is 0 Å². The molecule has 1 heterocycles. The van der Waals surface area contributed by atoms with Gasteiger partial charge in [0, 0.05) is 0 Å². The molecule has 1 saturated heterocycles. The molecule has 0 unspecified atom stereocenters. The minimum Gasteiger partial charge on any atom is -0.457 e. The van der Waals surface area contributed by atoms with Crippen LogP contribution in [0.1, 0.15) is 11.1 Å². The van der Waals surface area contributed by atoms with Gasteiger partial charge >= 0.3 is 6.18 Å². The van der Waals surface area contributed by atoms with E-state index in [1.165, 1.54) is 6.07 Å². The molecule has 5 nitrogen and oxygen atoms in total. The van der Waals surface area contributed by atoms with E-state index in [9.17, 15) is 22.8 Å². The summed E-state index contributed by atoms with van der Waals surface area (Å²) in [6.45, 7) is 0. The average molecular weight is 503 g/mol. The Balaban J connectivity index is 1.63. The number of amides is 2. The predicted octanol–water partition coefficient (Wildman–Crippen LogP) is 5.98. The number of nitrogens with one attached hydrogen (secondary N) is 1. The fourth-order valence-electron chi connectivity index (χ4n) is 3.20. The lowest BCUT2D eigenvalue weighted by Gasteiger charge is -2.29. The second-order valence-electron chi connectivity index (χ2n) is 7.10. The van der Waals surface area contributed by atoms with Gasteiger partial charge in [0.2, 0.25) is 0 Å². The summed E-state index contributed by atoms with van der Waals surface area (Å²) < 4.78 is 45.3. The first-order chi connectivity index (χ1) is 16.1.